The van der Waals surface area contributed by atoms with Gasteiger partial charge in [0.2, 0.25) is 0 Å². The van der Waals surface area contributed by atoms with Gasteiger partial charge in [-0.2, -0.15) is 0 Å². The third-order valence-corrected chi connectivity index (χ3v) is 4.75. The van der Waals surface area contributed by atoms with E-state index in [9.17, 15) is 0 Å². The highest BCUT2D eigenvalue weighted by Crippen LogP contribution is 2.30. The summed E-state index contributed by atoms with van der Waals surface area (Å²) in [6.07, 6.45) is 13.8. The van der Waals surface area contributed by atoms with Crippen LogP contribution in [0.15, 0.2) is 0 Å². The van der Waals surface area contributed by atoms with Gasteiger partial charge in [0.25, 0.3) is 0 Å². The maximum absolute atomic E-state index is 5.40. The van der Waals surface area contributed by atoms with Crippen LogP contribution in [0.5, 0.6) is 0 Å². The molecule has 2 unspecified atom stereocenters. The summed E-state index contributed by atoms with van der Waals surface area (Å²) in [4.78, 5) is 2.70. The third kappa shape index (κ3) is 4.51. The van der Waals surface area contributed by atoms with Gasteiger partial charge in [-0.15, -0.1) is 12.3 Å². The molecule has 0 saturated carbocycles. The summed E-state index contributed by atoms with van der Waals surface area (Å²) in [7, 11) is 0. The zero-order valence-electron chi connectivity index (χ0n) is 13.2. The number of nitrogens with one attached hydrogen (secondary N) is 1. The Kier molecular flexibility index (Phi) is 7.49. The smallest absolute Gasteiger partial charge is 0.0331 e. The Labute approximate surface area is 120 Å². The van der Waals surface area contributed by atoms with E-state index in [1.165, 1.54) is 45.2 Å². The van der Waals surface area contributed by atoms with Crippen molar-refractivity contribution < 1.29 is 0 Å². The third-order valence-electron chi connectivity index (χ3n) is 4.75. The summed E-state index contributed by atoms with van der Waals surface area (Å²) in [6.45, 7) is 10.7. The molecule has 2 atom stereocenters. The first-order valence-corrected chi connectivity index (χ1v) is 8.11. The second-order valence-electron chi connectivity index (χ2n) is 6.01. The topological polar surface area (TPSA) is 15.3 Å². The highest BCUT2D eigenvalue weighted by atomic mass is 15.2. The molecule has 1 aliphatic heterocycles. The predicted octanol–water partition coefficient (Wildman–Crippen LogP) is 3.42. The van der Waals surface area contributed by atoms with Gasteiger partial charge >= 0.3 is 0 Å². The molecule has 0 amide bonds. The Balaban J connectivity index is 2.68. The lowest BCUT2D eigenvalue weighted by Gasteiger charge is -2.45. The molecular weight excluding hydrogens is 232 g/mol. The van der Waals surface area contributed by atoms with Crippen LogP contribution in [-0.4, -0.2) is 36.1 Å². The van der Waals surface area contributed by atoms with Crippen LogP contribution in [-0.2, 0) is 0 Å². The van der Waals surface area contributed by atoms with Gasteiger partial charge in [-0.25, -0.2) is 0 Å². The van der Waals surface area contributed by atoms with E-state index in [-0.39, 0.29) is 0 Å². The molecule has 1 heterocycles. The second kappa shape index (κ2) is 8.61. The average Bonchev–Trinajstić information content (AvgIpc) is 2.96. The van der Waals surface area contributed by atoms with Crippen molar-refractivity contribution in [2.75, 3.05) is 19.6 Å². The largest absolute Gasteiger partial charge is 0.312 e. The SMILES string of the molecule is C#CCCCC(NCCC)C(C)(CC)N1CCCC1. The molecule has 1 fully saturated rings. The van der Waals surface area contributed by atoms with Crippen molar-refractivity contribution in [3.8, 4) is 12.3 Å². The molecule has 0 radical (unpaired) electrons. The van der Waals surface area contributed by atoms with Gasteiger partial charge in [-0.1, -0.05) is 13.8 Å². The van der Waals surface area contributed by atoms with Crippen LogP contribution in [0.4, 0.5) is 0 Å². The zero-order chi connectivity index (χ0) is 14.1. The zero-order valence-corrected chi connectivity index (χ0v) is 13.2. The van der Waals surface area contributed by atoms with Gasteiger partial charge in [-0.05, 0) is 65.1 Å². The molecule has 1 N–H and O–H groups in total. The minimum atomic E-state index is 0.292. The molecule has 19 heavy (non-hydrogen) atoms. The Bertz CT molecular complexity index is 275. The fraction of sp³-hybridized carbons (Fsp3) is 0.882. The second-order valence-corrected chi connectivity index (χ2v) is 6.01. The quantitative estimate of drug-likeness (QED) is 0.507. The summed E-state index contributed by atoms with van der Waals surface area (Å²) in [5.41, 5.74) is 0.292. The summed E-state index contributed by atoms with van der Waals surface area (Å²) < 4.78 is 0. The van der Waals surface area contributed by atoms with Gasteiger partial charge in [0.15, 0.2) is 0 Å². The van der Waals surface area contributed by atoms with Gasteiger partial charge < -0.3 is 5.32 Å². The van der Waals surface area contributed by atoms with Crippen molar-refractivity contribution in [1.29, 1.82) is 0 Å². The molecule has 0 spiro atoms. The van der Waals surface area contributed by atoms with E-state index in [4.69, 9.17) is 6.42 Å². The van der Waals surface area contributed by atoms with E-state index in [1.807, 2.05) is 0 Å². The van der Waals surface area contributed by atoms with Crippen LogP contribution in [0.2, 0.25) is 0 Å². The van der Waals surface area contributed by atoms with Crippen molar-refractivity contribution in [3.63, 3.8) is 0 Å². The number of rotatable bonds is 9. The van der Waals surface area contributed by atoms with Gasteiger partial charge in [0.05, 0.1) is 0 Å². The van der Waals surface area contributed by atoms with Crippen LogP contribution in [0, 0.1) is 12.3 Å². The first-order valence-electron chi connectivity index (χ1n) is 8.11. The monoisotopic (exact) mass is 264 g/mol. The minimum Gasteiger partial charge on any atom is -0.312 e. The Morgan fingerprint density at radius 2 is 2.00 bits per heavy atom. The predicted molar refractivity (Wildman–Crippen MR) is 84.3 cm³/mol. The summed E-state index contributed by atoms with van der Waals surface area (Å²) >= 11 is 0. The van der Waals surface area contributed by atoms with Crippen LogP contribution in [0.1, 0.15) is 65.7 Å². The minimum absolute atomic E-state index is 0.292. The maximum atomic E-state index is 5.40. The Morgan fingerprint density at radius 1 is 1.32 bits per heavy atom. The molecule has 1 rings (SSSR count). The Hall–Kier alpha value is -0.520. The fourth-order valence-corrected chi connectivity index (χ4v) is 3.28. The number of terminal acetylenes is 1. The lowest BCUT2D eigenvalue weighted by Crippen LogP contribution is -2.58. The van der Waals surface area contributed by atoms with Crippen molar-refractivity contribution in [2.24, 2.45) is 0 Å². The molecule has 0 aromatic heterocycles. The molecule has 0 aromatic carbocycles. The van der Waals surface area contributed by atoms with Crippen molar-refractivity contribution in [1.82, 2.24) is 10.2 Å². The molecule has 0 aliphatic carbocycles. The summed E-state index contributed by atoms with van der Waals surface area (Å²) in [5, 5.41) is 3.79. The normalized spacial score (nSPS) is 20.9. The average molecular weight is 264 g/mol. The van der Waals surface area contributed by atoms with Gasteiger partial charge in [0, 0.05) is 18.0 Å². The molecule has 2 heteroatoms. The van der Waals surface area contributed by atoms with Crippen LogP contribution >= 0.6 is 0 Å². The number of hydrogen-bond donors (Lipinski definition) is 1. The van der Waals surface area contributed by atoms with E-state index < -0.39 is 0 Å². The van der Waals surface area contributed by atoms with Crippen molar-refractivity contribution in [2.45, 2.75) is 77.3 Å². The molecule has 1 aliphatic rings. The lowest BCUT2D eigenvalue weighted by molar-refractivity contribution is 0.0795. The molecule has 0 bridgehead atoms. The van der Waals surface area contributed by atoms with Crippen LogP contribution in [0.3, 0.4) is 0 Å². The summed E-state index contributed by atoms with van der Waals surface area (Å²) in [5.74, 6) is 2.78. The number of likely N-dealkylation sites (tertiary alicyclic amines) is 1. The maximum Gasteiger partial charge on any atom is 0.0331 e. The van der Waals surface area contributed by atoms with Gasteiger partial charge in [0.1, 0.15) is 0 Å². The van der Waals surface area contributed by atoms with E-state index in [0.29, 0.717) is 11.6 Å². The van der Waals surface area contributed by atoms with Crippen LogP contribution < -0.4 is 5.32 Å². The van der Waals surface area contributed by atoms with Crippen molar-refractivity contribution >= 4 is 0 Å². The molecule has 110 valence electrons. The fourth-order valence-electron chi connectivity index (χ4n) is 3.28. The molecule has 1 saturated heterocycles. The Morgan fingerprint density at radius 3 is 2.53 bits per heavy atom. The number of hydrogen-bond acceptors (Lipinski definition) is 2. The van der Waals surface area contributed by atoms with E-state index >= 15 is 0 Å². The van der Waals surface area contributed by atoms with Crippen molar-refractivity contribution in [3.05, 3.63) is 0 Å². The highest BCUT2D eigenvalue weighted by molar-refractivity contribution is 4.98. The van der Waals surface area contributed by atoms with Crippen LogP contribution in [0.25, 0.3) is 0 Å². The molecule has 2 nitrogen and oxygen atoms in total. The van der Waals surface area contributed by atoms with E-state index in [0.717, 1.165) is 19.4 Å². The molecular formula is C17H32N2. The highest BCUT2D eigenvalue weighted by Gasteiger charge is 2.38. The molecule has 0 aromatic rings. The van der Waals surface area contributed by atoms with Gasteiger partial charge in [-0.3, -0.25) is 4.90 Å². The summed E-state index contributed by atoms with van der Waals surface area (Å²) in [6, 6.07) is 0.573. The van der Waals surface area contributed by atoms with E-state index in [1.54, 1.807) is 0 Å². The van der Waals surface area contributed by atoms with E-state index in [2.05, 4.69) is 36.9 Å². The first kappa shape index (κ1) is 16.5. The first-order chi connectivity index (χ1) is 9.19. The standard InChI is InChI=1S/C17H32N2/c1-5-8-9-12-16(18-13-6-2)17(4,7-3)19-14-10-11-15-19/h1,16,18H,6-15H2,2-4H3. The number of unbranched alkanes of at least 4 members (excludes halogenated alkanes) is 1. The number of nitrogens with zero attached hydrogens (tertiary/aromatic N) is 1. The lowest BCUT2D eigenvalue weighted by atomic mass is 9.84.